The summed E-state index contributed by atoms with van der Waals surface area (Å²) in [6.07, 6.45) is 0. The van der Waals surface area contributed by atoms with Crippen molar-refractivity contribution in [2.24, 2.45) is 5.18 Å². The van der Waals surface area contributed by atoms with Gasteiger partial charge in [-0.1, -0.05) is 18.2 Å². The van der Waals surface area contributed by atoms with Gasteiger partial charge in [0.25, 0.3) is 0 Å². The van der Waals surface area contributed by atoms with Crippen molar-refractivity contribution >= 4 is 21.6 Å². The number of hydrogen-bond donors (Lipinski definition) is 0. The quantitative estimate of drug-likeness (QED) is 0.634. The average Bonchev–Trinajstić information content (AvgIpc) is 2.39. The second kappa shape index (κ2) is 5.22. The summed E-state index contributed by atoms with van der Waals surface area (Å²) in [5.41, 5.74) is 0.779. The molecular formula is C12H8BrFN2O2. The summed E-state index contributed by atoms with van der Waals surface area (Å²) >= 11 is 3.09. The number of benzene rings is 1. The molecule has 0 amide bonds. The highest BCUT2D eigenvalue weighted by atomic mass is 79.9. The number of methoxy groups -OCH3 is 1. The third-order valence-electron chi connectivity index (χ3n) is 2.38. The Balaban J connectivity index is 2.70. The van der Waals surface area contributed by atoms with Crippen LogP contribution in [-0.2, 0) is 0 Å². The molecule has 0 aliphatic rings. The van der Waals surface area contributed by atoms with Crippen molar-refractivity contribution in [3.8, 4) is 17.0 Å². The van der Waals surface area contributed by atoms with Crippen molar-refractivity contribution < 1.29 is 9.13 Å². The number of ether oxygens (including phenoxy) is 1. The molecule has 18 heavy (non-hydrogen) atoms. The molecule has 1 aromatic heterocycles. The van der Waals surface area contributed by atoms with E-state index in [0.717, 1.165) is 0 Å². The van der Waals surface area contributed by atoms with Crippen LogP contribution in [0.4, 0.5) is 10.1 Å². The maximum atomic E-state index is 13.7. The largest absolute Gasteiger partial charge is 0.481 e. The Morgan fingerprint density at radius 3 is 2.67 bits per heavy atom. The van der Waals surface area contributed by atoms with Gasteiger partial charge in [0.1, 0.15) is 16.1 Å². The molecule has 0 unspecified atom stereocenters. The number of nitrogens with zero attached hydrogens (tertiary/aromatic N) is 2. The van der Waals surface area contributed by atoms with E-state index in [0.29, 0.717) is 11.1 Å². The molecule has 0 spiro atoms. The highest BCUT2D eigenvalue weighted by Gasteiger charge is 2.15. The fraction of sp³-hybridized carbons (Fsp3) is 0.0833. The SMILES string of the molecule is COc1nc(Br)c(N=O)cc1-c1ccccc1F. The van der Waals surface area contributed by atoms with Crippen LogP contribution < -0.4 is 4.74 Å². The van der Waals surface area contributed by atoms with Crippen LogP contribution in [-0.4, -0.2) is 12.1 Å². The molecule has 2 rings (SSSR count). The van der Waals surface area contributed by atoms with Crippen molar-refractivity contribution in [1.82, 2.24) is 4.98 Å². The van der Waals surface area contributed by atoms with Gasteiger partial charge in [0.15, 0.2) is 0 Å². The summed E-state index contributed by atoms with van der Waals surface area (Å²) in [5.74, 6) is -0.198. The van der Waals surface area contributed by atoms with E-state index in [-0.39, 0.29) is 16.2 Å². The Bertz CT molecular complexity index is 605. The highest BCUT2D eigenvalue weighted by molar-refractivity contribution is 9.10. The Labute approximate surface area is 111 Å². The molecule has 0 saturated heterocycles. The number of aromatic nitrogens is 1. The maximum Gasteiger partial charge on any atom is 0.222 e. The average molecular weight is 311 g/mol. The molecule has 0 aliphatic carbocycles. The van der Waals surface area contributed by atoms with E-state index in [4.69, 9.17) is 4.74 Å². The number of nitroso groups, excluding NO2 is 1. The highest BCUT2D eigenvalue weighted by Crippen LogP contribution is 2.36. The zero-order chi connectivity index (χ0) is 13.1. The predicted octanol–water partition coefficient (Wildman–Crippen LogP) is 4.06. The van der Waals surface area contributed by atoms with Crippen LogP contribution in [0.5, 0.6) is 5.88 Å². The first-order valence-electron chi connectivity index (χ1n) is 5.00. The molecule has 1 heterocycles. The molecule has 4 nitrogen and oxygen atoms in total. The zero-order valence-corrected chi connectivity index (χ0v) is 10.9. The van der Waals surface area contributed by atoms with Gasteiger partial charge in [0.2, 0.25) is 5.88 Å². The van der Waals surface area contributed by atoms with E-state index >= 15 is 0 Å². The maximum absolute atomic E-state index is 13.7. The van der Waals surface area contributed by atoms with Gasteiger partial charge in [-0.05, 0) is 33.2 Å². The molecule has 0 atom stereocenters. The Hall–Kier alpha value is -1.82. The zero-order valence-electron chi connectivity index (χ0n) is 9.35. The van der Waals surface area contributed by atoms with Crippen LogP contribution in [0.25, 0.3) is 11.1 Å². The lowest BCUT2D eigenvalue weighted by Gasteiger charge is -2.09. The minimum absolute atomic E-state index is 0.0917. The van der Waals surface area contributed by atoms with Crippen molar-refractivity contribution in [2.45, 2.75) is 0 Å². The van der Waals surface area contributed by atoms with Gasteiger partial charge >= 0.3 is 0 Å². The second-order valence-electron chi connectivity index (χ2n) is 3.43. The first-order chi connectivity index (χ1) is 8.67. The van der Waals surface area contributed by atoms with Gasteiger partial charge in [-0.2, -0.15) is 0 Å². The Morgan fingerprint density at radius 2 is 2.06 bits per heavy atom. The van der Waals surface area contributed by atoms with Gasteiger partial charge in [0.05, 0.1) is 7.11 Å². The number of halogens is 2. The van der Waals surface area contributed by atoms with Gasteiger partial charge in [-0.25, -0.2) is 9.37 Å². The second-order valence-corrected chi connectivity index (χ2v) is 4.18. The normalized spacial score (nSPS) is 10.2. The standard InChI is InChI=1S/C12H8BrFN2O2/c1-18-12-8(6-10(16-17)11(13)15-12)7-4-2-3-5-9(7)14/h2-6H,1H3. The van der Waals surface area contributed by atoms with Crippen molar-refractivity contribution in [3.05, 3.63) is 45.7 Å². The third kappa shape index (κ3) is 2.24. The lowest BCUT2D eigenvalue weighted by atomic mass is 10.1. The molecule has 0 bridgehead atoms. The Morgan fingerprint density at radius 1 is 1.33 bits per heavy atom. The fourth-order valence-electron chi connectivity index (χ4n) is 1.56. The lowest BCUT2D eigenvalue weighted by Crippen LogP contribution is -1.94. The summed E-state index contributed by atoms with van der Waals surface area (Å²) in [4.78, 5) is 14.7. The summed E-state index contributed by atoms with van der Waals surface area (Å²) < 4.78 is 19.1. The smallest absolute Gasteiger partial charge is 0.222 e. The van der Waals surface area contributed by atoms with Crippen LogP contribution in [0.1, 0.15) is 0 Å². The van der Waals surface area contributed by atoms with Crippen molar-refractivity contribution in [1.29, 1.82) is 0 Å². The Kier molecular flexibility index (Phi) is 3.66. The van der Waals surface area contributed by atoms with E-state index in [1.54, 1.807) is 18.2 Å². The number of hydrogen-bond acceptors (Lipinski definition) is 4. The molecule has 0 fully saturated rings. The molecule has 0 N–H and O–H groups in total. The number of pyridine rings is 1. The minimum Gasteiger partial charge on any atom is -0.481 e. The predicted molar refractivity (Wildman–Crippen MR) is 69.3 cm³/mol. The molecule has 6 heteroatoms. The number of rotatable bonds is 3. The van der Waals surface area contributed by atoms with Crippen LogP contribution in [0.15, 0.2) is 40.1 Å². The van der Waals surface area contributed by atoms with Gasteiger partial charge in [0, 0.05) is 11.1 Å². The van der Waals surface area contributed by atoms with Crippen LogP contribution in [0.2, 0.25) is 0 Å². The van der Waals surface area contributed by atoms with Crippen LogP contribution in [0, 0.1) is 10.7 Å². The van der Waals surface area contributed by atoms with E-state index in [2.05, 4.69) is 26.1 Å². The molecule has 0 saturated carbocycles. The molecular weight excluding hydrogens is 303 g/mol. The van der Waals surface area contributed by atoms with E-state index in [9.17, 15) is 9.30 Å². The molecule has 1 aromatic carbocycles. The van der Waals surface area contributed by atoms with E-state index < -0.39 is 5.82 Å². The fourth-order valence-corrected chi connectivity index (χ4v) is 1.90. The van der Waals surface area contributed by atoms with Crippen LogP contribution in [0.3, 0.4) is 0 Å². The summed E-state index contributed by atoms with van der Waals surface area (Å²) in [7, 11) is 1.42. The van der Waals surface area contributed by atoms with E-state index in [1.807, 2.05) is 0 Å². The third-order valence-corrected chi connectivity index (χ3v) is 2.96. The van der Waals surface area contributed by atoms with E-state index in [1.165, 1.54) is 19.2 Å². The molecule has 0 aliphatic heterocycles. The summed E-state index contributed by atoms with van der Waals surface area (Å²) in [5, 5.41) is 2.82. The topological polar surface area (TPSA) is 51.6 Å². The minimum atomic E-state index is -0.420. The van der Waals surface area contributed by atoms with Crippen molar-refractivity contribution in [3.63, 3.8) is 0 Å². The first kappa shape index (κ1) is 12.6. The monoisotopic (exact) mass is 310 g/mol. The molecule has 92 valence electrons. The molecule has 2 aromatic rings. The van der Waals surface area contributed by atoms with Gasteiger partial charge in [-0.3, -0.25) is 0 Å². The summed E-state index contributed by atoms with van der Waals surface area (Å²) in [6, 6.07) is 7.61. The summed E-state index contributed by atoms with van der Waals surface area (Å²) in [6.45, 7) is 0. The first-order valence-corrected chi connectivity index (χ1v) is 5.79. The van der Waals surface area contributed by atoms with Gasteiger partial charge in [-0.15, -0.1) is 4.91 Å². The van der Waals surface area contributed by atoms with Crippen LogP contribution >= 0.6 is 15.9 Å². The lowest BCUT2D eigenvalue weighted by molar-refractivity contribution is 0.398. The molecule has 0 radical (unpaired) electrons. The van der Waals surface area contributed by atoms with Crippen molar-refractivity contribution in [2.75, 3.05) is 7.11 Å². The van der Waals surface area contributed by atoms with Gasteiger partial charge < -0.3 is 4.74 Å².